The zero-order valence-electron chi connectivity index (χ0n) is 12.7. The maximum absolute atomic E-state index is 12.6. The summed E-state index contributed by atoms with van der Waals surface area (Å²) in [4.78, 5) is 0.267. The number of nitrogens with one attached hydrogen (secondary N) is 1. The third kappa shape index (κ3) is 5.70. The predicted molar refractivity (Wildman–Crippen MR) is 90.6 cm³/mol. The van der Waals surface area contributed by atoms with Gasteiger partial charge in [-0.05, 0) is 46.5 Å². The van der Waals surface area contributed by atoms with Gasteiger partial charge < -0.3 is 5.73 Å². The first-order valence-electron chi connectivity index (χ1n) is 7.45. The van der Waals surface area contributed by atoms with Gasteiger partial charge in [0.25, 0.3) is 0 Å². The second-order valence-corrected chi connectivity index (χ2v) is 7.75. The maximum Gasteiger partial charge on any atom is 0.241 e. The van der Waals surface area contributed by atoms with Crippen molar-refractivity contribution in [3.8, 4) is 0 Å². The molecule has 0 fully saturated rings. The number of halogens is 1. The van der Waals surface area contributed by atoms with Crippen LogP contribution in [-0.4, -0.2) is 14.5 Å². The first-order chi connectivity index (χ1) is 9.94. The smallest absolute Gasteiger partial charge is 0.241 e. The van der Waals surface area contributed by atoms with E-state index in [0.29, 0.717) is 11.0 Å². The molecule has 0 saturated heterocycles. The standard InChI is InChI=1S/C15H25BrN2O2S/c1-3-5-7-13(6-4-2)18-21(19,20)15-10-12(11-17)8-9-14(15)16/h8-10,13,18H,3-7,11,17H2,1-2H3. The van der Waals surface area contributed by atoms with E-state index >= 15 is 0 Å². The normalized spacial score (nSPS) is 13.3. The third-order valence-corrected chi connectivity index (χ3v) is 5.90. The van der Waals surface area contributed by atoms with Crippen LogP contribution in [-0.2, 0) is 16.6 Å². The molecule has 1 atom stereocenters. The van der Waals surface area contributed by atoms with Gasteiger partial charge >= 0.3 is 0 Å². The third-order valence-electron chi connectivity index (χ3n) is 3.39. The summed E-state index contributed by atoms with van der Waals surface area (Å²) in [6.07, 6.45) is 4.78. The number of unbranched alkanes of at least 4 members (excludes halogenated alkanes) is 1. The molecule has 0 aliphatic carbocycles. The molecule has 0 saturated carbocycles. The maximum atomic E-state index is 12.6. The highest BCUT2D eigenvalue weighted by atomic mass is 79.9. The lowest BCUT2D eigenvalue weighted by Crippen LogP contribution is -2.35. The molecule has 0 spiro atoms. The van der Waals surface area contributed by atoms with Gasteiger partial charge in [-0.25, -0.2) is 13.1 Å². The Hall–Kier alpha value is -0.430. The molecule has 1 aromatic carbocycles. The lowest BCUT2D eigenvalue weighted by atomic mass is 10.1. The van der Waals surface area contributed by atoms with Gasteiger partial charge in [-0.3, -0.25) is 0 Å². The molecule has 0 bridgehead atoms. The minimum absolute atomic E-state index is 0.00613. The Balaban J connectivity index is 2.98. The summed E-state index contributed by atoms with van der Waals surface area (Å²) in [6.45, 7) is 4.50. The molecule has 6 heteroatoms. The summed E-state index contributed by atoms with van der Waals surface area (Å²) in [7, 11) is -3.53. The van der Waals surface area contributed by atoms with Gasteiger partial charge in [-0.15, -0.1) is 0 Å². The molecule has 0 aromatic heterocycles. The molecular weight excluding hydrogens is 352 g/mol. The summed E-state index contributed by atoms with van der Waals surface area (Å²) in [5.74, 6) is 0. The molecule has 3 N–H and O–H groups in total. The van der Waals surface area contributed by atoms with Gasteiger partial charge in [-0.2, -0.15) is 0 Å². The molecule has 0 aliphatic rings. The number of rotatable bonds is 9. The SMILES string of the molecule is CCCCC(CCC)NS(=O)(=O)c1cc(CN)ccc1Br. The van der Waals surface area contributed by atoms with Gasteiger partial charge in [0.15, 0.2) is 0 Å². The zero-order valence-corrected chi connectivity index (χ0v) is 15.1. The van der Waals surface area contributed by atoms with Crippen LogP contribution in [0.3, 0.4) is 0 Å². The average Bonchev–Trinajstić information content (AvgIpc) is 2.45. The molecule has 4 nitrogen and oxygen atoms in total. The van der Waals surface area contributed by atoms with Crippen LogP contribution in [0.25, 0.3) is 0 Å². The van der Waals surface area contributed by atoms with Gasteiger partial charge in [0.05, 0.1) is 4.90 Å². The Morgan fingerprint density at radius 3 is 2.52 bits per heavy atom. The van der Waals surface area contributed by atoms with Crippen LogP contribution in [0.2, 0.25) is 0 Å². The fourth-order valence-electron chi connectivity index (χ4n) is 2.22. The van der Waals surface area contributed by atoms with E-state index in [0.717, 1.165) is 37.7 Å². The first kappa shape index (κ1) is 18.6. The second kappa shape index (κ2) is 8.88. The monoisotopic (exact) mass is 376 g/mol. The molecule has 1 aromatic rings. The van der Waals surface area contributed by atoms with Crippen molar-refractivity contribution in [1.29, 1.82) is 0 Å². The van der Waals surface area contributed by atoms with E-state index in [1.165, 1.54) is 0 Å². The van der Waals surface area contributed by atoms with Crippen molar-refractivity contribution in [2.45, 2.75) is 63.4 Å². The van der Waals surface area contributed by atoms with E-state index in [2.05, 4.69) is 34.5 Å². The van der Waals surface area contributed by atoms with Crippen molar-refractivity contribution in [2.75, 3.05) is 0 Å². The second-order valence-electron chi connectivity index (χ2n) is 5.22. The van der Waals surface area contributed by atoms with E-state index < -0.39 is 10.0 Å². The van der Waals surface area contributed by atoms with Crippen LogP contribution in [0.1, 0.15) is 51.5 Å². The fourth-order valence-corrected chi connectivity index (χ4v) is 4.54. The van der Waals surface area contributed by atoms with Crippen LogP contribution >= 0.6 is 15.9 Å². The zero-order chi connectivity index (χ0) is 15.9. The predicted octanol–water partition coefficient (Wildman–Crippen LogP) is 3.55. The van der Waals surface area contributed by atoms with E-state index in [1.807, 2.05) is 6.07 Å². The molecule has 1 unspecified atom stereocenters. The molecular formula is C15H25BrN2O2S. The van der Waals surface area contributed by atoms with Crippen molar-refractivity contribution in [2.24, 2.45) is 5.73 Å². The number of sulfonamides is 1. The Labute approximate surface area is 136 Å². The first-order valence-corrected chi connectivity index (χ1v) is 9.73. The van der Waals surface area contributed by atoms with Crippen LogP contribution in [0, 0.1) is 0 Å². The number of nitrogens with two attached hydrogens (primary N) is 1. The lowest BCUT2D eigenvalue weighted by molar-refractivity contribution is 0.483. The Morgan fingerprint density at radius 1 is 1.24 bits per heavy atom. The number of hydrogen-bond donors (Lipinski definition) is 2. The van der Waals surface area contributed by atoms with Crippen LogP contribution < -0.4 is 10.5 Å². The minimum Gasteiger partial charge on any atom is -0.326 e. The van der Waals surface area contributed by atoms with Crippen LogP contribution in [0.4, 0.5) is 0 Å². The highest BCUT2D eigenvalue weighted by Crippen LogP contribution is 2.24. The summed E-state index contributed by atoms with van der Waals surface area (Å²) in [5, 5.41) is 0. The highest BCUT2D eigenvalue weighted by molar-refractivity contribution is 9.10. The summed E-state index contributed by atoms with van der Waals surface area (Å²) < 4.78 is 28.6. The van der Waals surface area contributed by atoms with Gasteiger partial charge in [0.2, 0.25) is 10.0 Å². The van der Waals surface area contributed by atoms with Crippen molar-refractivity contribution in [3.05, 3.63) is 28.2 Å². The Morgan fingerprint density at radius 2 is 1.95 bits per heavy atom. The summed E-state index contributed by atoms with van der Waals surface area (Å²) in [6, 6.07) is 5.18. The summed E-state index contributed by atoms with van der Waals surface area (Å²) in [5.41, 5.74) is 6.40. The van der Waals surface area contributed by atoms with Crippen molar-refractivity contribution >= 4 is 26.0 Å². The van der Waals surface area contributed by atoms with Gasteiger partial charge in [0, 0.05) is 17.1 Å². The minimum atomic E-state index is -3.53. The quantitative estimate of drug-likeness (QED) is 0.691. The lowest BCUT2D eigenvalue weighted by Gasteiger charge is -2.19. The van der Waals surface area contributed by atoms with Gasteiger partial charge in [-0.1, -0.05) is 39.2 Å². The number of hydrogen-bond acceptors (Lipinski definition) is 3. The summed E-state index contributed by atoms with van der Waals surface area (Å²) >= 11 is 3.32. The van der Waals surface area contributed by atoms with E-state index in [1.54, 1.807) is 12.1 Å². The molecule has 0 amide bonds. The largest absolute Gasteiger partial charge is 0.326 e. The number of benzene rings is 1. The van der Waals surface area contributed by atoms with E-state index in [9.17, 15) is 8.42 Å². The molecule has 0 heterocycles. The van der Waals surface area contributed by atoms with Crippen LogP contribution in [0.15, 0.2) is 27.6 Å². The Kier molecular flexibility index (Phi) is 7.87. The van der Waals surface area contributed by atoms with E-state index in [4.69, 9.17) is 5.73 Å². The van der Waals surface area contributed by atoms with Gasteiger partial charge in [0.1, 0.15) is 0 Å². The average molecular weight is 377 g/mol. The molecule has 1 rings (SSSR count). The van der Waals surface area contributed by atoms with Crippen LogP contribution in [0.5, 0.6) is 0 Å². The Bertz CT molecular complexity index is 547. The fraction of sp³-hybridized carbons (Fsp3) is 0.600. The van der Waals surface area contributed by atoms with Crippen molar-refractivity contribution in [3.63, 3.8) is 0 Å². The van der Waals surface area contributed by atoms with Crippen molar-refractivity contribution in [1.82, 2.24) is 4.72 Å². The molecule has 120 valence electrons. The molecule has 0 aliphatic heterocycles. The van der Waals surface area contributed by atoms with E-state index in [-0.39, 0.29) is 10.9 Å². The van der Waals surface area contributed by atoms with Crippen molar-refractivity contribution < 1.29 is 8.42 Å². The highest BCUT2D eigenvalue weighted by Gasteiger charge is 2.22. The molecule has 21 heavy (non-hydrogen) atoms. The topological polar surface area (TPSA) is 72.2 Å². The molecule has 0 radical (unpaired) electrons.